The maximum absolute atomic E-state index is 10.2. The topological polar surface area (TPSA) is 61.3 Å². The van der Waals surface area contributed by atoms with Crippen LogP contribution in [-0.4, -0.2) is 36.6 Å². The molecular formula is C8H10N2O3. The molecular weight excluding hydrogens is 172 g/mol. The van der Waals surface area contributed by atoms with Crippen LogP contribution in [0.4, 0.5) is 0 Å². The van der Waals surface area contributed by atoms with Crippen molar-refractivity contribution in [3.8, 4) is 5.88 Å². The van der Waals surface area contributed by atoms with Gasteiger partial charge >= 0.3 is 0 Å². The van der Waals surface area contributed by atoms with E-state index < -0.39 is 0 Å². The molecule has 0 unspecified atom stereocenters. The second-order valence-corrected chi connectivity index (χ2v) is 2.24. The van der Waals surface area contributed by atoms with E-state index in [1.54, 1.807) is 7.11 Å². The Bertz CT molecular complexity index is 261. The smallest absolute Gasteiger partial charge is 0.232 e. The van der Waals surface area contributed by atoms with Gasteiger partial charge in [-0.05, 0) is 0 Å². The van der Waals surface area contributed by atoms with Crippen LogP contribution < -0.4 is 4.74 Å². The van der Waals surface area contributed by atoms with E-state index in [-0.39, 0.29) is 0 Å². The lowest BCUT2D eigenvalue weighted by atomic mass is 10.5. The summed E-state index contributed by atoms with van der Waals surface area (Å²) in [6.07, 6.45) is 3.39. The van der Waals surface area contributed by atoms with Gasteiger partial charge in [0.25, 0.3) is 0 Å². The fraction of sp³-hybridized carbons (Fsp3) is 0.375. The Labute approximate surface area is 75.7 Å². The molecule has 70 valence electrons. The molecule has 1 aromatic heterocycles. The van der Waals surface area contributed by atoms with Crippen molar-refractivity contribution in [2.75, 3.05) is 20.3 Å². The molecule has 5 heteroatoms. The molecule has 0 aliphatic carbocycles. The predicted octanol–water partition coefficient (Wildman–Crippen LogP) is 0.314. The van der Waals surface area contributed by atoms with Crippen LogP contribution in [0.25, 0.3) is 0 Å². The SMILES string of the molecule is COCCOc1cnc(C=O)cn1. The van der Waals surface area contributed by atoms with E-state index in [9.17, 15) is 4.79 Å². The van der Waals surface area contributed by atoms with Crippen molar-refractivity contribution in [1.82, 2.24) is 9.97 Å². The fourth-order valence-corrected chi connectivity index (χ4v) is 0.691. The number of aldehydes is 1. The summed E-state index contributed by atoms with van der Waals surface area (Å²) in [5, 5.41) is 0. The number of hydrogen-bond donors (Lipinski definition) is 0. The van der Waals surface area contributed by atoms with E-state index >= 15 is 0 Å². The Morgan fingerprint density at radius 2 is 2.23 bits per heavy atom. The van der Waals surface area contributed by atoms with E-state index in [2.05, 4.69) is 9.97 Å². The largest absolute Gasteiger partial charge is 0.474 e. The number of ether oxygens (including phenoxy) is 2. The van der Waals surface area contributed by atoms with Gasteiger partial charge in [-0.25, -0.2) is 9.97 Å². The number of aromatic nitrogens is 2. The van der Waals surface area contributed by atoms with Crippen LogP contribution in [0.3, 0.4) is 0 Å². The maximum Gasteiger partial charge on any atom is 0.232 e. The average Bonchev–Trinajstić information content (AvgIpc) is 2.19. The molecule has 0 aliphatic heterocycles. The predicted molar refractivity (Wildman–Crippen MR) is 44.8 cm³/mol. The molecule has 1 aromatic rings. The van der Waals surface area contributed by atoms with Crippen LogP contribution in [0.1, 0.15) is 10.5 Å². The van der Waals surface area contributed by atoms with Gasteiger partial charge in [0.15, 0.2) is 6.29 Å². The molecule has 0 fully saturated rings. The van der Waals surface area contributed by atoms with Gasteiger partial charge in [-0.1, -0.05) is 0 Å². The summed E-state index contributed by atoms with van der Waals surface area (Å²) in [5.41, 5.74) is 0.291. The van der Waals surface area contributed by atoms with E-state index in [0.717, 1.165) is 0 Å². The molecule has 1 heterocycles. The third kappa shape index (κ3) is 3.16. The first-order chi connectivity index (χ1) is 6.36. The van der Waals surface area contributed by atoms with Crippen molar-refractivity contribution in [2.24, 2.45) is 0 Å². The Morgan fingerprint density at radius 3 is 2.77 bits per heavy atom. The zero-order valence-corrected chi connectivity index (χ0v) is 7.27. The van der Waals surface area contributed by atoms with Crippen molar-refractivity contribution in [3.05, 3.63) is 18.1 Å². The van der Waals surface area contributed by atoms with E-state index in [1.807, 2.05) is 0 Å². The van der Waals surface area contributed by atoms with Gasteiger partial charge < -0.3 is 9.47 Å². The zero-order chi connectivity index (χ0) is 9.52. The summed E-state index contributed by atoms with van der Waals surface area (Å²) in [7, 11) is 1.59. The molecule has 1 rings (SSSR count). The molecule has 0 N–H and O–H groups in total. The van der Waals surface area contributed by atoms with Gasteiger partial charge in [0.2, 0.25) is 5.88 Å². The second kappa shape index (κ2) is 5.21. The van der Waals surface area contributed by atoms with Gasteiger partial charge in [0.1, 0.15) is 12.3 Å². The van der Waals surface area contributed by atoms with Crippen LogP contribution in [0.5, 0.6) is 5.88 Å². The second-order valence-electron chi connectivity index (χ2n) is 2.24. The number of methoxy groups -OCH3 is 1. The highest BCUT2D eigenvalue weighted by Crippen LogP contribution is 2.01. The molecule has 5 nitrogen and oxygen atoms in total. The van der Waals surface area contributed by atoms with Crippen molar-refractivity contribution in [1.29, 1.82) is 0 Å². The zero-order valence-electron chi connectivity index (χ0n) is 7.27. The average molecular weight is 182 g/mol. The van der Waals surface area contributed by atoms with Gasteiger partial charge in [0.05, 0.1) is 19.0 Å². The number of carbonyl (C=O) groups excluding carboxylic acids is 1. The Kier molecular flexibility index (Phi) is 3.84. The first-order valence-corrected chi connectivity index (χ1v) is 3.76. The minimum absolute atomic E-state index is 0.291. The van der Waals surface area contributed by atoms with E-state index in [4.69, 9.17) is 9.47 Å². The van der Waals surface area contributed by atoms with Crippen LogP contribution in [0.2, 0.25) is 0 Å². The van der Waals surface area contributed by atoms with Crippen LogP contribution in [0.15, 0.2) is 12.4 Å². The summed E-state index contributed by atoms with van der Waals surface area (Å²) >= 11 is 0. The number of rotatable bonds is 5. The number of carbonyl (C=O) groups is 1. The van der Waals surface area contributed by atoms with E-state index in [0.29, 0.717) is 31.1 Å². The molecule has 0 amide bonds. The molecule has 0 aliphatic rings. The Balaban J connectivity index is 2.44. The summed E-state index contributed by atoms with van der Waals surface area (Å²) in [6.45, 7) is 0.919. The quantitative estimate of drug-likeness (QED) is 0.484. The lowest BCUT2D eigenvalue weighted by Crippen LogP contribution is -2.05. The van der Waals surface area contributed by atoms with Crippen molar-refractivity contribution in [2.45, 2.75) is 0 Å². The minimum atomic E-state index is 0.291. The summed E-state index contributed by atoms with van der Waals surface area (Å²) in [5.74, 6) is 0.391. The first kappa shape index (κ1) is 9.60. The number of hydrogen-bond acceptors (Lipinski definition) is 5. The normalized spacial score (nSPS) is 9.62. The monoisotopic (exact) mass is 182 g/mol. The minimum Gasteiger partial charge on any atom is -0.474 e. The first-order valence-electron chi connectivity index (χ1n) is 3.76. The molecule has 0 atom stereocenters. The van der Waals surface area contributed by atoms with Gasteiger partial charge in [-0.3, -0.25) is 4.79 Å². The summed E-state index contributed by atoms with van der Waals surface area (Å²) < 4.78 is 9.91. The molecule has 0 spiro atoms. The van der Waals surface area contributed by atoms with Crippen molar-refractivity contribution in [3.63, 3.8) is 0 Å². The highest BCUT2D eigenvalue weighted by atomic mass is 16.5. The van der Waals surface area contributed by atoms with Crippen LogP contribution in [-0.2, 0) is 4.74 Å². The molecule has 0 aromatic carbocycles. The molecule has 0 bridgehead atoms. The highest BCUT2D eigenvalue weighted by Gasteiger charge is 1.96. The Hall–Kier alpha value is -1.49. The molecule has 0 radical (unpaired) electrons. The highest BCUT2D eigenvalue weighted by molar-refractivity contribution is 5.70. The lowest BCUT2D eigenvalue weighted by Gasteiger charge is -2.02. The standard InChI is InChI=1S/C8H10N2O3/c1-12-2-3-13-8-5-9-7(6-11)4-10-8/h4-6H,2-3H2,1H3. The van der Waals surface area contributed by atoms with Crippen LogP contribution >= 0.6 is 0 Å². The summed E-state index contributed by atoms with van der Waals surface area (Å²) in [6, 6.07) is 0. The van der Waals surface area contributed by atoms with Gasteiger partial charge in [-0.15, -0.1) is 0 Å². The molecule has 13 heavy (non-hydrogen) atoms. The van der Waals surface area contributed by atoms with Crippen LogP contribution in [0, 0.1) is 0 Å². The fourth-order valence-electron chi connectivity index (χ4n) is 0.691. The lowest BCUT2D eigenvalue weighted by molar-refractivity contribution is 0.111. The van der Waals surface area contributed by atoms with E-state index in [1.165, 1.54) is 12.4 Å². The molecule has 0 saturated heterocycles. The van der Waals surface area contributed by atoms with Crippen molar-refractivity contribution >= 4 is 6.29 Å². The van der Waals surface area contributed by atoms with Gasteiger partial charge in [-0.2, -0.15) is 0 Å². The third-order valence-corrected chi connectivity index (χ3v) is 1.31. The Morgan fingerprint density at radius 1 is 1.38 bits per heavy atom. The summed E-state index contributed by atoms with van der Waals surface area (Å²) in [4.78, 5) is 17.8. The third-order valence-electron chi connectivity index (χ3n) is 1.31. The van der Waals surface area contributed by atoms with Crippen molar-refractivity contribution < 1.29 is 14.3 Å². The number of nitrogens with zero attached hydrogens (tertiary/aromatic N) is 2. The molecule has 0 saturated carbocycles. The maximum atomic E-state index is 10.2. The van der Waals surface area contributed by atoms with Gasteiger partial charge in [0, 0.05) is 7.11 Å².